The van der Waals surface area contributed by atoms with Crippen LogP contribution in [0.5, 0.6) is 0 Å². The number of hydrogen-bond acceptors (Lipinski definition) is 3. The Morgan fingerprint density at radius 2 is 2.07 bits per heavy atom. The molecule has 0 N–H and O–H groups in total. The van der Waals surface area contributed by atoms with Crippen molar-refractivity contribution in [1.29, 1.82) is 0 Å². The lowest BCUT2D eigenvalue weighted by molar-refractivity contribution is -0.104. The van der Waals surface area contributed by atoms with Gasteiger partial charge in [-0.15, -0.1) is 11.3 Å². The maximum atomic E-state index is 11.2. The number of aldehydes is 1. The fourth-order valence-corrected chi connectivity index (χ4v) is 2.06. The van der Waals surface area contributed by atoms with Crippen LogP contribution < -0.4 is 0 Å². The summed E-state index contributed by atoms with van der Waals surface area (Å²) < 4.78 is 0. The number of ketones is 1. The van der Waals surface area contributed by atoms with Gasteiger partial charge in [0.15, 0.2) is 6.29 Å². The lowest BCUT2D eigenvalue weighted by Crippen LogP contribution is -1.99. The zero-order valence-corrected chi connectivity index (χ0v) is 8.66. The summed E-state index contributed by atoms with van der Waals surface area (Å²) in [6.07, 6.45) is 0.341. The Morgan fingerprint density at radius 1 is 1.20 bits per heavy atom. The molecule has 0 atom stereocenters. The molecule has 0 unspecified atom stereocenters. The minimum atomic E-state index is -0.478. The Balaban J connectivity index is 2.43. The summed E-state index contributed by atoms with van der Waals surface area (Å²) >= 11 is 1.60. The molecule has 0 bridgehead atoms. The van der Waals surface area contributed by atoms with Crippen molar-refractivity contribution in [3.8, 4) is 10.4 Å². The minimum absolute atomic E-state index is 0.341. The van der Waals surface area contributed by atoms with Crippen LogP contribution in [0.2, 0.25) is 0 Å². The summed E-state index contributed by atoms with van der Waals surface area (Å²) in [7, 11) is 0. The summed E-state index contributed by atoms with van der Waals surface area (Å²) in [6.45, 7) is 0. The first-order valence-corrected chi connectivity index (χ1v) is 5.32. The number of thiophene rings is 1. The van der Waals surface area contributed by atoms with E-state index in [1.165, 1.54) is 0 Å². The maximum absolute atomic E-state index is 11.2. The second-order valence-corrected chi connectivity index (χ2v) is 3.99. The molecule has 0 spiro atoms. The Hall–Kier alpha value is -1.74. The van der Waals surface area contributed by atoms with Gasteiger partial charge in [-0.05, 0) is 23.1 Å². The molecule has 1 heterocycles. The standard InChI is InChI=1S/C12H8O2S/c13-8-11(14)9-3-1-4-10(7-9)12-5-2-6-15-12/h1-8H. The van der Waals surface area contributed by atoms with E-state index in [0.717, 1.165) is 10.4 Å². The monoisotopic (exact) mass is 216 g/mol. The van der Waals surface area contributed by atoms with Gasteiger partial charge in [0.05, 0.1) is 0 Å². The second kappa shape index (κ2) is 4.19. The molecule has 2 rings (SSSR count). The molecule has 1 aromatic heterocycles. The topological polar surface area (TPSA) is 34.1 Å². The molecule has 1 aromatic carbocycles. The van der Waals surface area contributed by atoms with Crippen LogP contribution in [0.15, 0.2) is 41.8 Å². The molecule has 0 aliphatic carbocycles. The third kappa shape index (κ3) is 2.02. The molecule has 0 amide bonds. The third-order valence-corrected chi connectivity index (χ3v) is 2.98. The fourth-order valence-electron chi connectivity index (χ4n) is 1.34. The Bertz CT molecular complexity index is 486. The predicted octanol–water partition coefficient (Wildman–Crippen LogP) is 2.80. The highest BCUT2D eigenvalue weighted by Gasteiger charge is 2.05. The van der Waals surface area contributed by atoms with E-state index < -0.39 is 5.78 Å². The largest absolute Gasteiger partial charge is 0.294 e. The van der Waals surface area contributed by atoms with Crippen molar-refractivity contribution >= 4 is 23.4 Å². The summed E-state index contributed by atoms with van der Waals surface area (Å²) in [5, 5.41) is 1.98. The van der Waals surface area contributed by atoms with Gasteiger partial charge in [0.2, 0.25) is 5.78 Å². The molecule has 0 aliphatic rings. The zero-order chi connectivity index (χ0) is 10.7. The highest BCUT2D eigenvalue weighted by Crippen LogP contribution is 2.25. The Labute approximate surface area is 91.2 Å². The van der Waals surface area contributed by atoms with Gasteiger partial charge in [0, 0.05) is 10.4 Å². The highest BCUT2D eigenvalue weighted by molar-refractivity contribution is 7.13. The lowest BCUT2D eigenvalue weighted by Gasteiger charge is -1.99. The minimum Gasteiger partial charge on any atom is -0.294 e. The van der Waals surface area contributed by atoms with Crippen molar-refractivity contribution in [2.75, 3.05) is 0 Å². The van der Waals surface area contributed by atoms with Gasteiger partial charge in [-0.25, -0.2) is 0 Å². The summed E-state index contributed by atoms with van der Waals surface area (Å²) in [4.78, 5) is 22.6. The summed E-state index contributed by atoms with van der Waals surface area (Å²) in [5.41, 5.74) is 1.41. The predicted molar refractivity (Wildman–Crippen MR) is 60.1 cm³/mol. The number of carbonyl (C=O) groups is 2. The van der Waals surface area contributed by atoms with Crippen molar-refractivity contribution < 1.29 is 9.59 Å². The molecular formula is C12H8O2S. The van der Waals surface area contributed by atoms with Crippen molar-refractivity contribution in [3.05, 3.63) is 47.3 Å². The van der Waals surface area contributed by atoms with Crippen LogP contribution in [0.1, 0.15) is 10.4 Å². The lowest BCUT2D eigenvalue weighted by atomic mass is 10.1. The van der Waals surface area contributed by atoms with Gasteiger partial charge in [0.25, 0.3) is 0 Å². The first-order chi connectivity index (χ1) is 7.31. The van der Waals surface area contributed by atoms with E-state index in [4.69, 9.17) is 0 Å². The van der Waals surface area contributed by atoms with Gasteiger partial charge >= 0.3 is 0 Å². The van der Waals surface area contributed by atoms with Crippen LogP contribution in [0.3, 0.4) is 0 Å². The van der Waals surface area contributed by atoms with Gasteiger partial charge in [-0.3, -0.25) is 9.59 Å². The van der Waals surface area contributed by atoms with Crippen molar-refractivity contribution in [2.24, 2.45) is 0 Å². The smallest absolute Gasteiger partial charge is 0.225 e. The number of carbonyl (C=O) groups excluding carboxylic acids is 2. The van der Waals surface area contributed by atoms with Crippen LogP contribution in [0.25, 0.3) is 10.4 Å². The van der Waals surface area contributed by atoms with E-state index in [2.05, 4.69) is 0 Å². The molecule has 74 valence electrons. The second-order valence-electron chi connectivity index (χ2n) is 3.04. The molecule has 0 aliphatic heterocycles. The molecule has 3 heteroatoms. The van der Waals surface area contributed by atoms with E-state index in [0.29, 0.717) is 11.8 Å². The van der Waals surface area contributed by atoms with E-state index in [-0.39, 0.29) is 0 Å². The molecule has 2 nitrogen and oxygen atoms in total. The van der Waals surface area contributed by atoms with Crippen LogP contribution in [0.4, 0.5) is 0 Å². The fraction of sp³-hybridized carbons (Fsp3) is 0. The molecule has 2 aromatic rings. The number of hydrogen-bond donors (Lipinski definition) is 0. The molecule has 0 saturated carbocycles. The van der Waals surface area contributed by atoms with Crippen molar-refractivity contribution in [1.82, 2.24) is 0 Å². The average molecular weight is 216 g/mol. The number of Topliss-reactive ketones (excluding diaryl/α,β-unsaturated/α-hetero) is 1. The van der Waals surface area contributed by atoms with E-state index >= 15 is 0 Å². The van der Waals surface area contributed by atoms with E-state index in [1.54, 1.807) is 29.5 Å². The number of rotatable bonds is 3. The summed E-state index contributed by atoms with van der Waals surface area (Å²) in [6, 6.07) is 11.0. The average Bonchev–Trinajstić information content (AvgIpc) is 2.82. The van der Waals surface area contributed by atoms with Crippen LogP contribution in [-0.2, 0) is 4.79 Å². The Morgan fingerprint density at radius 3 is 2.73 bits per heavy atom. The van der Waals surface area contributed by atoms with Crippen molar-refractivity contribution in [2.45, 2.75) is 0 Å². The van der Waals surface area contributed by atoms with Crippen LogP contribution in [0, 0.1) is 0 Å². The maximum Gasteiger partial charge on any atom is 0.225 e. The summed E-state index contributed by atoms with van der Waals surface area (Å²) in [5.74, 6) is -0.478. The first kappa shape index (κ1) is 9.80. The SMILES string of the molecule is O=CC(=O)c1cccc(-c2cccs2)c1. The molecule has 0 radical (unpaired) electrons. The van der Waals surface area contributed by atoms with Crippen LogP contribution >= 0.6 is 11.3 Å². The van der Waals surface area contributed by atoms with Gasteiger partial charge < -0.3 is 0 Å². The third-order valence-electron chi connectivity index (χ3n) is 2.06. The van der Waals surface area contributed by atoms with Gasteiger partial charge in [-0.2, -0.15) is 0 Å². The molecular weight excluding hydrogens is 208 g/mol. The van der Waals surface area contributed by atoms with Gasteiger partial charge in [-0.1, -0.05) is 24.3 Å². The normalized spacial score (nSPS) is 9.87. The molecule has 0 saturated heterocycles. The van der Waals surface area contributed by atoms with Crippen LogP contribution in [-0.4, -0.2) is 12.1 Å². The highest BCUT2D eigenvalue weighted by atomic mass is 32.1. The quantitative estimate of drug-likeness (QED) is 0.449. The zero-order valence-electron chi connectivity index (χ0n) is 7.84. The van der Waals surface area contributed by atoms with E-state index in [1.807, 2.05) is 23.6 Å². The van der Waals surface area contributed by atoms with E-state index in [9.17, 15) is 9.59 Å². The number of benzene rings is 1. The Kier molecular flexibility index (Phi) is 2.74. The van der Waals surface area contributed by atoms with Gasteiger partial charge in [0.1, 0.15) is 0 Å². The first-order valence-electron chi connectivity index (χ1n) is 4.45. The van der Waals surface area contributed by atoms with Crippen molar-refractivity contribution in [3.63, 3.8) is 0 Å². The molecule has 15 heavy (non-hydrogen) atoms. The molecule has 0 fully saturated rings.